The van der Waals surface area contributed by atoms with E-state index < -0.39 is 0 Å². The van der Waals surface area contributed by atoms with Crippen molar-refractivity contribution in [2.24, 2.45) is 5.92 Å². The van der Waals surface area contributed by atoms with Crippen molar-refractivity contribution in [1.82, 2.24) is 0 Å². The normalized spacial score (nSPS) is 14.7. The highest BCUT2D eigenvalue weighted by atomic mass is 35.5. The molecule has 1 aliphatic carbocycles. The zero-order valence-corrected chi connectivity index (χ0v) is 9.22. The standard InChI is InChI=1S/C12H13ClN2/c13-11-3-4-12(10(7-11)8-14)15-6-5-9-1-2-9/h3-4,7,9,15H,1-2,5-6H2. The van der Waals surface area contributed by atoms with Gasteiger partial charge in [0, 0.05) is 11.6 Å². The van der Waals surface area contributed by atoms with E-state index in [1.165, 1.54) is 19.3 Å². The second-order valence-corrected chi connectivity index (χ2v) is 4.40. The first-order valence-electron chi connectivity index (χ1n) is 5.23. The first-order valence-corrected chi connectivity index (χ1v) is 5.61. The van der Waals surface area contributed by atoms with Crippen LogP contribution in [0.15, 0.2) is 18.2 Å². The molecule has 15 heavy (non-hydrogen) atoms. The Morgan fingerprint density at radius 3 is 2.93 bits per heavy atom. The van der Waals surface area contributed by atoms with E-state index in [9.17, 15) is 0 Å². The highest BCUT2D eigenvalue weighted by molar-refractivity contribution is 6.30. The van der Waals surface area contributed by atoms with Crippen LogP contribution in [0.2, 0.25) is 5.02 Å². The van der Waals surface area contributed by atoms with Crippen molar-refractivity contribution in [1.29, 1.82) is 5.26 Å². The van der Waals surface area contributed by atoms with Gasteiger partial charge in [-0.3, -0.25) is 0 Å². The molecule has 1 aromatic carbocycles. The molecule has 0 radical (unpaired) electrons. The maximum absolute atomic E-state index is 8.92. The SMILES string of the molecule is N#Cc1cc(Cl)ccc1NCCC1CC1. The molecule has 1 saturated carbocycles. The molecule has 0 spiro atoms. The molecule has 2 rings (SSSR count). The van der Waals surface area contributed by atoms with Crippen molar-refractivity contribution >= 4 is 17.3 Å². The van der Waals surface area contributed by atoms with Crippen LogP contribution >= 0.6 is 11.6 Å². The Morgan fingerprint density at radius 2 is 2.27 bits per heavy atom. The highest BCUT2D eigenvalue weighted by Gasteiger charge is 2.20. The largest absolute Gasteiger partial charge is 0.384 e. The third kappa shape index (κ3) is 2.87. The molecule has 0 amide bonds. The van der Waals surface area contributed by atoms with Gasteiger partial charge in [-0.05, 0) is 30.5 Å². The molecule has 78 valence electrons. The molecule has 1 aliphatic rings. The number of hydrogen-bond donors (Lipinski definition) is 1. The van der Waals surface area contributed by atoms with Crippen LogP contribution in [0.4, 0.5) is 5.69 Å². The number of nitrogens with one attached hydrogen (secondary N) is 1. The fourth-order valence-electron chi connectivity index (χ4n) is 1.58. The maximum atomic E-state index is 8.92. The summed E-state index contributed by atoms with van der Waals surface area (Å²) in [6, 6.07) is 7.51. The average molecular weight is 221 g/mol. The van der Waals surface area contributed by atoms with E-state index in [2.05, 4.69) is 11.4 Å². The number of halogens is 1. The summed E-state index contributed by atoms with van der Waals surface area (Å²) < 4.78 is 0. The van der Waals surface area contributed by atoms with E-state index in [1.807, 2.05) is 12.1 Å². The van der Waals surface area contributed by atoms with Crippen molar-refractivity contribution in [3.8, 4) is 6.07 Å². The molecule has 0 unspecified atom stereocenters. The van der Waals surface area contributed by atoms with Crippen molar-refractivity contribution in [3.63, 3.8) is 0 Å². The fraction of sp³-hybridized carbons (Fsp3) is 0.417. The third-order valence-corrected chi connectivity index (χ3v) is 2.90. The molecule has 0 heterocycles. The van der Waals surface area contributed by atoms with Gasteiger partial charge in [-0.2, -0.15) is 5.26 Å². The van der Waals surface area contributed by atoms with Crippen LogP contribution in [0.3, 0.4) is 0 Å². The van der Waals surface area contributed by atoms with E-state index >= 15 is 0 Å². The van der Waals surface area contributed by atoms with Gasteiger partial charge in [-0.1, -0.05) is 24.4 Å². The van der Waals surface area contributed by atoms with Gasteiger partial charge >= 0.3 is 0 Å². The summed E-state index contributed by atoms with van der Waals surface area (Å²) in [5.41, 5.74) is 1.51. The van der Waals surface area contributed by atoms with Crippen molar-refractivity contribution < 1.29 is 0 Å². The molecule has 1 N–H and O–H groups in total. The summed E-state index contributed by atoms with van der Waals surface area (Å²) >= 11 is 5.81. The lowest BCUT2D eigenvalue weighted by atomic mass is 10.2. The van der Waals surface area contributed by atoms with Crippen LogP contribution in [0.1, 0.15) is 24.8 Å². The minimum atomic E-state index is 0.610. The average Bonchev–Trinajstić information content (AvgIpc) is 3.04. The summed E-state index contributed by atoms with van der Waals surface area (Å²) in [4.78, 5) is 0. The zero-order valence-electron chi connectivity index (χ0n) is 8.46. The summed E-state index contributed by atoms with van der Waals surface area (Å²) in [6.45, 7) is 0.945. The molecule has 0 bridgehead atoms. The Hall–Kier alpha value is -1.20. The topological polar surface area (TPSA) is 35.8 Å². The van der Waals surface area contributed by atoms with Gasteiger partial charge in [-0.15, -0.1) is 0 Å². The van der Waals surface area contributed by atoms with Gasteiger partial charge in [-0.25, -0.2) is 0 Å². The molecule has 3 heteroatoms. The van der Waals surface area contributed by atoms with E-state index in [4.69, 9.17) is 16.9 Å². The van der Waals surface area contributed by atoms with Crippen LogP contribution in [-0.4, -0.2) is 6.54 Å². The quantitative estimate of drug-likeness (QED) is 0.844. The number of benzene rings is 1. The Bertz CT molecular complexity index is 391. The lowest BCUT2D eigenvalue weighted by Crippen LogP contribution is -2.03. The lowest BCUT2D eigenvalue weighted by Gasteiger charge is -2.07. The minimum absolute atomic E-state index is 0.610. The van der Waals surface area contributed by atoms with Crippen LogP contribution < -0.4 is 5.32 Å². The monoisotopic (exact) mass is 220 g/mol. The Labute approximate surface area is 94.9 Å². The van der Waals surface area contributed by atoms with Gasteiger partial charge in [0.1, 0.15) is 6.07 Å². The van der Waals surface area contributed by atoms with Crippen LogP contribution in [0.5, 0.6) is 0 Å². The number of rotatable bonds is 4. The number of anilines is 1. The Balaban J connectivity index is 1.96. The first-order chi connectivity index (χ1) is 7.29. The third-order valence-electron chi connectivity index (χ3n) is 2.67. The van der Waals surface area contributed by atoms with Gasteiger partial charge in [0.15, 0.2) is 0 Å². The minimum Gasteiger partial charge on any atom is -0.384 e. The molecular formula is C12H13ClN2. The summed E-state index contributed by atoms with van der Waals surface area (Å²) in [7, 11) is 0. The van der Waals surface area contributed by atoms with Gasteiger partial charge in [0.2, 0.25) is 0 Å². The molecule has 0 aliphatic heterocycles. The van der Waals surface area contributed by atoms with Crippen molar-refractivity contribution in [2.45, 2.75) is 19.3 Å². The van der Waals surface area contributed by atoms with Gasteiger partial charge in [0.25, 0.3) is 0 Å². The number of nitriles is 1. The summed E-state index contributed by atoms with van der Waals surface area (Å²) in [5, 5.41) is 12.8. The van der Waals surface area contributed by atoms with E-state index in [0.29, 0.717) is 10.6 Å². The van der Waals surface area contributed by atoms with Crippen LogP contribution in [0, 0.1) is 17.2 Å². The second-order valence-electron chi connectivity index (χ2n) is 3.96. The van der Waals surface area contributed by atoms with Crippen molar-refractivity contribution in [3.05, 3.63) is 28.8 Å². The predicted molar refractivity (Wildman–Crippen MR) is 62.0 cm³/mol. The van der Waals surface area contributed by atoms with E-state index in [-0.39, 0.29) is 0 Å². The lowest BCUT2D eigenvalue weighted by molar-refractivity contribution is 0.760. The maximum Gasteiger partial charge on any atom is 0.101 e. The molecule has 0 atom stereocenters. The molecule has 0 aromatic heterocycles. The smallest absolute Gasteiger partial charge is 0.101 e. The Morgan fingerprint density at radius 1 is 1.47 bits per heavy atom. The summed E-state index contributed by atoms with van der Waals surface area (Å²) in [6.07, 6.45) is 3.94. The van der Waals surface area contributed by atoms with Crippen LogP contribution in [0.25, 0.3) is 0 Å². The molecule has 0 saturated heterocycles. The molecule has 1 fully saturated rings. The van der Waals surface area contributed by atoms with Crippen molar-refractivity contribution in [2.75, 3.05) is 11.9 Å². The molecule has 2 nitrogen and oxygen atoms in total. The van der Waals surface area contributed by atoms with Crippen LogP contribution in [-0.2, 0) is 0 Å². The predicted octanol–water partition coefficient (Wildman–Crippen LogP) is 3.42. The second kappa shape index (κ2) is 4.55. The van der Waals surface area contributed by atoms with E-state index in [0.717, 1.165) is 18.2 Å². The molecular weight excluding hydrogens is 208 g/mol. The van der Waals surface area contributed by atoms with Gasteiger partial charge in [0.05, 0.1) is 11.3 Å². The number of nitrogens with zero attached hydrogens (tertiary/aromatic N) is 1. The van der Waals surface area contributed by atoms with E-state index in [1.54, 1.807) is 6.07 Å². The summed E-state index contributed by atoms with van der Waals surface area (Å²) in [5.74, 6) is 0.912. The zero-order chi connectivity index (χ0) is 10.7. The fourth-order valence-corrected chi connectivity index (χ4v) is 1.75. The number of hydrogen-bond acceptors (Lipinski definition) is 2. The Kier molecular flexibility index (Phi) is 3.13. The first kappa shape index (κ1) is 10.3. The highest BCUT2D eigenvalue weighted by Crippen LogP contribution is 2.32. The molecule has 1 aromatic rings. The van der Waals surface area contributed by atoms with Gasteiger partial charge < -0.3 is 5.32 Å².